The molecular formula is C27H28N4O5. The first-order valence-corrected chi connectivity index (χ1v) is 11.6. The van der Waals surface area contributed by atoms with Gasteiger partial charge in [-0.3, -0.25) is 14.6 Å². The first-order chi connectivity index (χ1) is 17.5. The molecule has 0 radical (unpaired) electrons. The zero-order valence-electron chi connectivity index (χ0n) is 20.2. The number of carbonyl (C=O) groups excluding carboxylic acids is 1. The van der Waals surface area contributed by atoms with Crippen LogP contribution in [0.25, 0.3) is 0 Å². The molecule has 186 valence electrons. The summed E-state index contributed by atoms with van der Waals surface area (Å²) in [5.41, 5.74) is 2.79. The Morgan fingerprint density at radius 2 is 2.00 bits per heavy atom. The number of rotatable bonds is 10. The summed E-state index contributed by atoms with van der Waals surface area (Å²) in [6, 6.07) is 14.3. The molecule has 0 bridgehead atoms. The van der Waals surface area contributed by atoms with E-state index in [2.05, 4.69) is 15.0 Å². The zero-order valence-corrected chi connectivity index (χ0v) is 20.2. The van der Waals surface area contributed by atoms with Crippen LogP contribution in [0.15, 0.2) is 72.0 Å². The number of H-pyrrole nitrogens is 1. The van der Waals surface area contributed by atoms with E-state index in [0.717, 1.165) is 11.4 Å². The summed E-state index contributed by atoms with van der Waals surface area (Å²) in [6.45, 7) is 2.47. The van der Waals surface area contributed by atoms with Crippen molar-refractivity contribution in [1.82, 2.24) is 19.5 Å². The molecule has 0 fully saturated rings. The number of aromatic nitrogens is 4. The lowest BCUT2D eigenvalue weighted by atomic mass is 9.88. The predicted molar refractivity (Wildman–Crippen MR) is 133 cm³/mol. The van der Waals surface area contributed by atoms with Crippen LogP contribution in [0, 0.1) is 6.92 Å². The fourth-order valence-electron chi connectivity index (χ4n) is 4.10. The number of nitrogens with one attached hydrogen (secondary N) is 1. The van der Waals surface area contributed by atoms with Crippen molar-refractivity contribution in [3.8, 4) is 11.5 Å². The molecule has 0 aliphatic rings. The molecule has 0 aliphatic carbocycles. The van der Waals surface area contributed by atoms with Gasteiger partial charge in [-0.05, 0) is 42.8 Å². The number of esters is 1. The summed E-state index contributed by atoms with van der Waals surface area (Å²) in [6.07, 6.45) is 5.46. The molecule has 4 aromatic rings. The highest BCUT2D eigenvalue weighted by Gasteiger charge is 2.26. The van der Waals surface area contributed by atoms with Crippen molar-refractivity contribution in [2.24, 2.45) is 0 Å². The number of benzene rings is 1. The topological polar surface area (TPSA) is 119 Å². The van der Waals surface area contributed by atoms with Crippen LogP contribution < -0.4 is 10.3 Å². The molecule has 1 atom stereocenters. The van der Waals surface area contributed by atoms with Gasteiger partial charge in [0.05, 0.1) is 31.1 Å². The van der Waals surface area contributed by atoms with Crippen LogP contribution in [0.5, 0.6) is 11.5 Å². The van der Waals surface area contributed by atoms with Crippen molar-refractivity contribution in [3.63, 3.8) is 0 Å². The lowest BCUT2D eigenvalue weighted by Gasteiger charge is -2.21. The number of methoxy groups -OCH3 is 1. The van der Waals surface area contributed by atoms with E-state index in [1.807, 2.05) is 18.2 Å². The monoisotopic (exact) mass is 488 g/mol. The van der Waals surface area contributed by atoms with Crippen LogP contribution in [0.2, 0.25) is 0 Å². The summed E-state index contributed by atoms with van der Waals surface area (Å²) >= 11 is 0. The molecule has 0 unspecified atom stereocenters. The fourth-order valence-corrected chi connectivity index (χ4v) is 4.10. The number of imidazole rings is 1. The minimum atomic E-state index is -0.700. The van der Waals surface area contributed by atoms with Gasteiger partial charge in [0.15, 0.2) is 0 Å². The Bertz CT molecular complexity index is 1350. The maximum absolute atomic E-state index is 13.6. The third-order valence-corrected chi connectivity index (χ3v) is 6.02. The quantitative estimate of drug-likeness (QED) is 0.328. The van der Waals surface area contributed by atoms with E-state index in [0.29, 0.717) is 36.6 Å². The van der Waals surface area contributed by atoms with E-state index < -0.39 is 11.9 Å². The van der Waals surface area contributed by atoms with E-state index >= 15 is 0 Å². The van der Waals surface area contributed by atoms with E-state index in [-0.39, 0.29) is 23.3 Å². The van der Waals surface area contributed by atoms with Crippen LogP contribution >= 0.6 is 0 Å². The van der Waals surface area contributed by atoms with Crippen molar-refractivity contribution in [2.75, 3.05) is 7.11 Å². The second-order valence-electron chi connectivity index (χ2n) is 8.38. The number of ether oxygens (including phenoxy) is 2. The van der Waals surface area contributed by atoms with Crippen molar-refractivity contribution in [1.29, 1.82) is 0 Å². The predicted octanol–water partition coefficient (Wildman–Crippen LogP) is 3.50. The molecular weight excluding hydrogens is 460 g/mol. The standard InChI is InChI=1S/C27H28N4O5/c1-18-13-24(32)26(27(34)31(18)12-10-20-15-28-17-30-20)23(14-25(33)35-2)19-6-8-22(9-7-19)36-16-21-5-3-4-11-29-21/h3-9,11,13,15,17,23,32H,10,12,14,16H2,1-2H3,(H,28,30)/t23-/m0/s1. The first kappa shape index (κ1) is 24.7. The average molecular weight is 489 g/mol. The highest BCUT2D eigenvalue weighted by molar-refractivity contribution is 5.71. The number of hydrogen-bond donors (Lipinski definition) is 2. The Morgan fingerprint density at radius 1 is 1.19 bits per heavy atom. The lowest BCUT2D eigenvalue weighted by molar-refractivity contribution is -0.140. The van der Waals surface area contributed by atoms with E-state index in [9.17, 15) is 14.7 Å². The molecule has 0 saturated carbocycles. The van der Waals surface area contributed by atoms with Gasteiger partial charge in [0.25, 0.3) is 5.56 Å². The second-order valence-corrected chi connectivity index (χ2v) is 8.38. The van der Waals surface area contributed by atoms with Gasteiger partial charge >= 0.3 is 5.97 Å². The number of aryl methyl sites for hydroxylation is 2. The largest absolute Gasteiger partial charge is 0.507 e. The van der Waals surface area contributed by atoms with Gasteiger partial charge in [-0.15, -0.1) is 0 Å². The number of nitrogens with zero attached hydrogens (tertiary/aromatic N) is 3. The molecule has 0 saturated heterocycles. The highest BCUT2D eigenvalue weighted by atomic mass is 16.5. The Labute approximate surface area is 208 Å². The molecule has 36 heavy (non-hydrogen) atoms. The molecule has 0 aliphatic heterocycles. The number of aromatic amines is 1. The van der Waals surface area contributed by atoms with Crippen molar-refractivity contribution in [2.45, 2.75) is 38.8 Å². The highest BCUT2D eigenvalue weighted by Crippen LogP contribution is 2.33. The molecule has 1 aromatic carbocycles. The van der Waals surface area contributed by atoms with Crippen molar-refractivity contribution in [3.05, 3.63) is 106 Å². The maximum atomic E-state index is 13.6. The fraction of sp³-hybridized carbons (Fsp3) is 0.259. The van der Waals surface area contributed by atoms with Gasteiger partial charge in [-0.1, -0.05) is 18.2 Å². The average Bonchev–Trinajstić information content (AvgIpc) is 3.41. The summed E-state index contributed by atoms with van der Waals surface area (Å²) in [4.78, 5) is 37.1. The van der Waals surface area contributed by atoms with Crippen molar-refractivity contribution < 1.29 is 19.4 Å². The number of aromatic hydroxyl groups is 1. The molecule has 9 heteroatoms. The van der Waals surface area contributed by atoms with Crippen LogP contribution in [-0.4, -0.2) is 37.7 Å². The van der Waals surface area contributed by atoms with E-state index in [1.54, 1.807) is 60.5 Å². The molecule has 3 heterocycles. The first-order valence-electron chi connectivity index (χ1n) is 11.6. The third-order valence-electron chi connectivity index (χ3n) is 6.02. The van der Waals surface area contributed by atoms with E-state index in [4.69, 9.17) is 9.47 Å². The zero-order chi connectivity index (χ0) is 25.5. The molecule has 9 nitrogen and oxygen atoms in total. The normalized spacial score (nSPS) is 11.7. The van der Waals surface area contributed by atoms with Crippen molar-refractivity contribution >= 4 is 5.97 Å². The van der Waals surface area contributed by atoms with E-state index in [1.165, 1.54) is 7.11 Å². The van der Waals surface area contributed by atoms with Gasteiger partial charge in [-0.25, -0.2) is 4.98 Å². The summed E-state index contributed by atoms with van der Waals surface area (Å²) in [5.74, 6) is -0.723. The minimum absolute atomic E-state index is 0.100. The van der Waals surface area contributed by atoms with Gasteiger partial charge < -0.3 is 24.1 Å². The summed E-state index contributed by atoms with van der Waals surface area (Å²) in [5, 5.41) is 10.8. The van der Waals surface area contributed by atoms with Crippen LogP contribution in [0.3, 0.4) is 0 Å². The third kappa shape index (κ3) is 5.80. The summed E-state index contributed by atoms with van der Waals surface area (Å²) in [7, 11) is 1.30. The van der Waals surface area contributed by atoms with Crippen LogP contribution in [-0.2, 0) is 29.1 Å². The second kappa shape index (κ2) is 11.4. The Balaban J connectivity index is 1.63. The Hall–Kier alpha value is -4.40. The molecule has 0 spiro atoms. The van der Waals surface area contributed by atoms with Gasteiger partial charge in [-0.2, -0.15) is 0 Å². The van der Waals surface area contributed by atoms with Crippen LogP contribution in [0.4, 0.5) is 0 Å². The molecule has 4 rings (SSSR count). The molecule has 3 aromatic heterocycles. The number of hydrogen-bond acceptors (Lipinski definition) is 7. The van der Waals surface area contributed by atoms with Crippen LogP contribution in [0.1, 0.15) is 40.5 Å². The van der Waals surface area contributed by atoms with Gasteiger partial charge in [0.2, 0.25) is 0 Å². The van der Waals surface area contributed by atoms with Gasteiger partial charge in [0, 0.05) is 42.7 Å². The summed E-state index contributed by atoms with van der Waals surface area (Å²) < 4.78 is 12.3. The molecule has 2 N–H and O–H groups in total. The number of pyridine rings is 2. The molecule has 0 amide bonds. The Kier molecular flexibility index (Phi) is 7.79. The number of carbonyl (C=O) groups is 1. The SMILES string of the molecule is COC(=O)C[C@@H](c1ccc(OCc2ccccn2)cc1)c1c(O)cc(C)n(CCc2cnc[nH]2)c1=O. The Morgan fingerprint density at radius 3 is 2.67 bits per heavy atom. The van der Waals surface area contributed by atoms with Gasteiger partial charge in [0.1, 0.15) is 18.1 Å². The maximum Gasteiger partial charge on any atom is 0.306 e. The minimum Gasteiger partial charge on any atom is -0.507 e. The lowest BCUT2D eigenvalue weighted by Crippen LogP contribution is -2.29. The smallest absolute Gasteiger partial charge is 0.306 e.